The van der Waals surface area contributed by atoms with E-state index in [4.69, 9.17) is 9.47 Å². The standard InChI is InChI=1S/C14H28N2O2/c1-12(10-13-11-17-9-7-16-13)15-6-5-14-4-2-3-8-18-14/h12-16H,2-11H2,1H3. The highest BCUT2D eigenvalue weighted by molar-refractivity contribution is 4.76. The molecular formula is C14H28N2O2. The summed E-state index contributed by atoms with van der Waals surface area (Å²) in [6, 6.07) is 1.07. The summed E-state index contributed by atoms with van der Waals surface area (Å²) in [5.74, 6) is 0. The largest absolute Gasteiger partial charge is 0.379 e. The predicted octanol–water partition coefficient (Wildman–Crippen LogP) is 1.30. The Morgan fingerprint density at radius 2 is 2.28 bits per heavy atom. The van der Waals surface area contributed by atoms with Crippen molar-refractivity contribution in [3.8, 4) is 0 Å². The minimum atomic E-state index is 0.495. The minimum Gasteiger partial charge on any atom is -0.379 e. The van der Waals surface area contributed by atoms with E-state index in [0.717, 1.165) is 45.8 Å². The van der Waals surface area contributed by atoms with Crippen molar-refractivity contribution in [2.24, 2.45) is 0 Å². The van der Waals surface area contributed by atoms with Crippen LogP contribution in [0, 0.1) is 0 Å². The molecule has 0 radical (unpaired) electrons. The van der Waals surface area contributed by atoms with E-state index in [-0.39, 0.29) is 0 Å². The van der Waals surface area contributed by atoms with Gasteiger partial charge in [-0.2, -0.15) is 0 Å². The third-order valence-electron chi connectivity index (χ3n) is 3.87. The number of hydrogen-bond donors (Lipinski definition) is 2. The molecule has 3 unspecified atom stereocenters. The molecule has 18 heavy (non-hydrogen) atoms. The highest BCUT2D eigenvalue weighted by Crippen LogP contribution is 2.15. The van der Waals surface area contributed by atoms with Gasteiger partial charge in [0.15, 0.2) is 0 Å². The Hall–Kier alpha value is -0.160. The molecular weight excluding hydrogens is 228 g/mol. The third kappa shape index (κ3) is 5.22. The summed E-state index contributed by atoms with van der Waals surface area (Å²) in [7, 11) is 0. The zero-order valence-electron chi connectivity index (χ0n) is 11.6. The molecule has 2 aliphatic rings. The zero-order chi connectivity index (χ0) is 12.6. The van der Waals surface area contributed by atoms with Crippen LogP contribution in [0.4, 0.5) is 0 Å². The van der Waals surface area contributed by atoms with Crippen molar-refractivity contribution in [3.63, 3.8) is 0 Å². The first-order valence-corrected chi connectivity index (χ1v) is 7.50. The van der Waals surface area contributed by atoms with Crippen LogP contribution in [-0.2, 0) is 9.47 Å². The van der Waals surface area contributed by atoms with E-state index >= 15 is 0 Å². The molecule has 0 aliphatic carbocycles. The van der Waals surface area contributed by atoms with E-state index in [9.17, 15) is 0 Å². The average Bonchev–Trinajstić information content (AvgIpc) is 2.41. The summed E-state index contributed by atoms with van der Waals surface area (Å²) in [5.41, 5.74) is 0. The molecule has 0 bridgehead atoms. The van der Waals surface area contributed by atoms with Gasteiger partial charge in [0.2, 0.25) is 0 Å². The molecule has 4 heteroatoms. The van der Waals surface area contributed by atoms with E-state index in [1.807, 2.05) is 0 Å². The molecule has 2 rings (SSSR count). The lowest BCUT2D eigenvalue weighted by Gasteiger charge is -2.27. The van der Waals surface area contributed by atoms with E-state index < -0.39 is 0 Å². The SMILES string of the molecule is CC(CC1COCCN1)NCCC1CCCCO1. The first-order chi connectivity index (χ1) is 8.84. The van der Waals surface area contributed by atoms with Crippen molar-refractivity contribution >= 4 is 0 Å². The molecule has 0 saturated carbocycles. The van der Waals surface area contributed by atoms with Gasteiger partial charge in [-0.25, -0.2) is 0 Å². The van der Waals surface area contributed by atoms with Crippen molar-refractivity contribution < 1.29 is 9.47 Å². The smallest absolute Gasteiger partial charge is 0.0620 e. The first-order valence-electron chi connectivity index (χ1n) is 7.50. The summed E-state index contributed by atoms with van der Waals surface area (Å²) in [4.78, 5) is 0. The Labute approximate surface area is 111 Å². The van der Waals surface area contributed by atoms with Gasteiger partial charge >= 0.3 is 0 Å². The normalized spacial score (nSPS) is 31.2. The Balaban J connectivity index is 1.52. The average molecular weight is 256 g/mol. The fourth-order valence-electron chi connectivity index (χ4n) is 2.81. The van der Waals surface area contributed by atoms with Crippen LogP contribution in [-0.4, -0.2) is 51.1 Å². The molecule has 2 fully saturated rings. The monoisotopic (exact) mass is 256 g/mol. The summed E-state index contributed by atoms with van der Waals surface area (Å²) < 4.78 is 11.2. The molecule has 0 spiro atoms. The van der Waals surface area contributed by atoms with Crippen LogP contribution in [0.1, 0.15) is 39.0 Å². The lowest BCUT2D eigenvalue weighted by molar-refractivity contribution is 0.0110. The second-order valence-corrected chi connectivity index (χ2v) is 5.59. The van der Waals surface area contributed by atoms with Gasteiger partial charge in [0, 0.05) is 25.2 Å². The Morgan fingerprint density at radius 3 is 3.00 bits per heavy atom. The molecule has 2 aliphatic heterocycles. The summed E-state index contributed by atoms with van der Waals surface area (Å²) in [5, 5.41) is 7.10. The van der Waals surface area contributed by atoms with Crippen molar-refractivity contribution in [1.29, 1.82) is 0 Å². The van der Waals surface area contributed by atoms with Crippen LogP contribution in [0.2, 0.25) is 0 Å². The molecule has 0 amide bonds. The van der Waals surface area contributed by atoms with Crippen LogP contribution in [0.5, 0.6) is 0 Å². The molecule has 106 valence electrons. The maximum absolute atomic E-state index is 5.74. The summed E-state index contributed by atoms with van der Waals surface area (Å²) >= 11 is 0. The maximum atomic E-state index is 5.74. The fourth-order valence-corrected chi connectivity index (χ4v) is 2.81. The third-order valence-corrected chi connectivity index (χ3v) is 3.87. The van der Waals surface area contributed by atoms with Crippen LogP contribution < -0.4 is 10.6 Å². The molecule has 2 heterocycles. The van der Waals surface area contributed by atoms with Gasteiger partial charge in [0.25, 0.3) is 0 Å². The molecule has 3 atom stereocenters. The van der Waals surface area contributed by atoms with Crippen molar-refractivity contribution in [2.75, 3.05) is 32.9 Å². The topological polar surface area (TPSA) is 42.5 Å². The van der Waals surface area contributed by atoms with Crippen LogP contribution in [0.25, 0.3) is 0 Å². The lowest BCUT2D eigenvalue weighted by Crippen LogP contribution is -2.45. The Kier molecular flexibility index (Phi) is 6.41. The van der Waals surface area contributed by atoms with Crippen LogP contribution >= 0.6 is 0 Å². The van der Waals surface area contributed by atoms with Gasteiger partial charge in [-0.05, 0) is 45.6 Å². The van der Waals surface area contributed by atoms with Crippen LogP contribution in [0.3, 0.4) is 0 Å². The quantitative estimate of drug-likeness (QED) is 0.752. The Bertz CT molecular complexity index is 214. The number of hydrogen-bond acceptors (Lipinski definition) is 4. The molecule has 0 aromatic carbocycles. The minimum absolute atomic E-state index is 0.495. The molecule has 4 nitrogen and oxygen atoms in total. The molecule has 0 aromatic heterocycles. The van der Waals surface area contributed by atoms with Gasteiger partial charge in [-0.15, -0.1) is 0 Å². The van der Waals surface area contributed by atoms with E-state index in [0.29, 0.717) is 18.2 Å². The van der Waals surface area contributed by atoms with Gasteiger partial charge in [0.1, 0.15) is 0 Å². The van der Waals surface area contributed by atoms with Gasteiger partial charge < -0.3 is 20.1 Å². The zero-order valence-corrected chi connectivity index (χ0v) is 11.6. The highest BCUT2D eigenvalue weighted by atomic mass is 16.5. The second kappa shape index (κ2) is 8.10. The highest BCUT2D eigenvalue weighted by Gasteiger charge is 2.17. The number of ether oxygens (including phenoxy) is 2. The second-order valence-electron chi connectivity index (χ2n) is 5.59. The van der Waals surface area contributed by atoms with Crippen molar-refractivity contribution in [3.05, 3.63) is 0 Å². The number of rotatable bonds is 6. The predicted molar refractivity (Wildman–Crippen MR) is 72.9 cm³/mol. The van der Waals surface area contributed by atoms with Crippen molar-refractivity contribution in [2.45, 2.75) is 57.2 Å². The summed E-state index contributed by atoms with van der Waals surface area (Å²) in [6.07, 6.45) is 6.62. The molecule has 2 saturated heterocycles. The van der Waals surface area contributed by atoms with E-state index in [1.165, 1.54) is 19.3 Å². The Morgan fingerprint density at radius 1 is 1.33 bits per heavy atom. The van der Waals surface area contributed by atoms with Crippen molar-refractivity contribution in [1.82, 2.24) is 10.6 Å². The molecule has 0 aromatic rings. The first kappa shape index (κ1) is 14.3. The molecule has 2 N–H and O–H groups in total. The fraction of sp³-hybridized carbons (Fsp3) is 1.00. The summed E-state index contributed by atoms with van der Waals surface area (Å²) in [6.45, 7) is 7.00. The van der Waals surface area contributed by atoms with Crippen LogP contribution in [0.15, 0.2) is 0 Å². The van der Waals surface area contributed by atoms with Gasteiger partial charge in [0.05, 0.1) is 19.3 Å². The van der Waals surface area contributed by atoms with E-state index in [1.54, 1.807) is 0 Å². The van der Waals surface area contributed by atoms with Gasteiger partial charge in [-0.1, -0.05) is 0 Å². The van der Waals surface area contributed by atoms with E-state index in [2.05, 4.69) is 17.6 Å². The number of nitrogens with one attached hydrogen (secondary N) is 2. The number of morpholine rings is 1. The van der Waals surface area contributed by atoms with Gasteiger partial charge in [-0.3, -0.25) is 0 Å². The maximum Gasteiger partial charge on any atom is 0.0620 e. The lowest BCUT2D eigenvalue weighted by atomic mass is 10.1.